The highest BCUT2D eigenvalue weighted by molar-refractivity contribution is 6.00. The molecule has 2 rings (SSSR count). The van der Waals surface area contributed by atoms with Gasteiger partial charge in [0.15, 0.2) is 11.6 Å². The molecule has 0 unspecified atom stereocenters. The molecule has 0 radical (unpaired) electrons. The Morgan fingerprint density at radius 1 is 0.680 bits per heavy atom. The molecule has 0 atom stereocenters. The third-order valence-corrected chi connectivity index (χ3v) is 3.27. The summed E-state index contributed by atoms with van der Waals surface area (Å²) in [6, 6.07) is 12.5. The summed E-state index contributed by atoms with van der Waals surface area (Å²) in [6.07, 6.45) is -0.654. The van der Waals surface area contributed by atoms with Crippen molar-refractivity contribution in [3.63, 3.8) is 0 Å². The Hall–Kier alpha value is -3.28. The van der Waals surface area contributed by atoms with Crippen molar-refractivity contribution in [2.24, 2.45) is 0 Å². The molecule has 25 heavy (non-hydrogen) atoms. The van der Waals surface area contributed by atoms with Gasteiger partial charge in [-0.25, -0.2) is 0 Å². The van der Waals surface area contributed by atoms with Crippen LogP contribution in [0.5, 0.6) is 11.5 Å². The number of hydrogen-bond acceptors (Lipinski definition) is 6. The second-order valence-electron chi connectivity index (χ2n) is 5.23. The van der Waals surface area contributed by atoms with Gasteiger partial charge in [-0.1, -0.05) is 24.3 Å². The number of carbonyl (C=O) groups excluding carboxylic acids is 4. The molecule has 2 aromatic carbocycles. The number of ketones is 2. The Labute approximate surface area is 144 Å². The lowest BCUT2D eigenvalue weighted by molar-refractivity contribution is -0.144. The van der Waals surface area contributed by atoms with Gasteiger partial charge in [-0.2, -0.15) is 0 Å². The van der Waals surface area contributed by atoms with E-state index in [2.05, 4.69) is 0 Å². The minimum absolute atomic E-state index is 0.0805. The van der Waals surface area contributed by atoms with Crippen LogP contribution in [0.15, 0.2) is 48.5 Å². The molecule has 0 fully saturated rings. The fraction of sp³-hybridized carbons (Fsp3) is 0.158. The first-order chi connectivity index (χ1) is 11.9. The van der Waals surface area contributed by atoms with E-state index in [1.165, 1.54) is 38.1 Å². The van der Waals surface area contributed by atoms with Gasteiger partial charge < -0.3 is 9.47 Å². The zero-order valence-corrected chi connectivity index (χ0v) is 13.8. The van der Waals surface area contributed by atoms with Crippen LogP contribution in [0.1, 0.15) is 41.0 Å². The summed E-state index contributed by atoms with van der Waals surface area (Å²) in [4.78, 5) is 46.8. The van der Waals surface area contributed by atoms with E-state index in [0.29, 0.717) is 0 Å². The second kappa shape index (κ2) is 8.01. The maximum absolute atomic E-state index is 11.9. The predicted octanol–water partition coefficient (Wildman–Crippen LogP) is 2.99. The van der Waals surface area contributed by atoms with Crippen molar-refractivity contribution >= 4 is 23.5 Å². The minimum Gasteiger partial charge on any atom is -0.425 e. The van der Waals surface area contributed by atoms with Crippen LogP contribution in [0, 0.1) is 0 Å². The molecule has 0 spiro atoms. The van der Waals surface area contributed by atoms with E-state index in [1.807, 2.05) is 0 Å². The number of para-hydroxylation sites is 2. The van der Waals surface area contributed by atoms with E-state index in [4.69, 9.17) is 9.47 Å². The van der Waals surface area contributed by atoms with Gasteiger partial charge in [0.1, 0.15) is 17.9 Å². The van der Waals surface area contributed by atoms with Gasteiger partial charge in [-0.05, 0) is 38.1 Å². The van der Waals surface area contributed by atoms with Crippen LogP contribution in [0.25, 0.3) is 0 Å². The monoisotopic (exact) mass is 340 g/mol. The second-order valence-corrected chi connectivity index (χ2v) is 5.23. The Morgan fingerprint density at radius 3 is 1.40 bits per heavy atom. The largest absolute Gasteiger partial charge is 0.425 e. The lowest BCUT2D eigenvalue weighted by atomic mass is 10.1. The first kappa shape index (κ1) is 18.1. The molecule has 0 bridgehead atoms. The molecule has 0 aromatic heterocycles. The average Bonchev–Trinajstić information content (AvgIpc) is 2.55. The number of hydrogen-bond donors (Lipinski definition) is 0. The third kappa shape index (κ3) is 4.84. The Morgan fingerprint density at radius 2 is 1.04 bits per heavy atom. The molecule has 0 N–H and O–H groups in total. The molecule has 6 nitrogen and oxygen atoms in total. The minimum atomic E-state index is -0.862. The molecular formula is C19H16O6. The topological polar surface area (TPSA) is 86.7 Å². The van der Waals surface area contributed by atoms with Gasteiger partial charge in [0.25, 0.3) is 0 Å². The maximum atomic E-state index is 11.9. The van der Waals surface area contributed by atoms with Crippen LogP contribution in [-0.2, 0) is 9.59 Å². The van der Waals surface area contributed by atoms with E-state index in [0.717, 1.165) is 0 Å². The first-order valence-corrected chi connectivity index (χ1v) is 7.49. The van der Waals surface area contributed by atoms with Crippen molar-refractivity contribution in [2.45, 2.75) is 20.3 Å². The summed E-state index contributed by atoms with van der Waals surface area (Å²) in [6.45, 7) is 2.69. The lowest BCUT2D eigenvalue weighted by Gasteiger charge is -2.09. The van der Waals surface area contributed by atoms with Crippen molar-refractivity contribution in [1.29, 1.82) is 0 Å². The SMILES string of the molecule is CC(=O)c1ccccc1OC(=O)CC(=O)Oc1ccccc1C(C)=O. The highest BCUT2D eigenvalue weighted by atomic mass is 16.6. The summed E-state index contributed by atoms with van der Waals surface area (Å²) in [7, 11) is 0. The van der Waals surface area contributed by atoms with Crippen LogP contribution >= 0.6 is 0 Å². The molecule has 6 heteroatoms. The van der Waals surface area contributed by atoms with Crippen LogP contribution < -0.4 is 9.47 Å². The smallest absolute Gasteiger partial charge is 0.322 e. The van der Waals surface area contributed by atoms with Gasteiger partial charge in [0.05, 0.1) is 11.1 Å². The van der Waals surface area contributed by atoms with Crippen molar-refractivity contribution in [1.82, 2.24) is 0 Å². The Kier molecular flexibility index (Phi) is 5.79. The van der Waals surface area contributed by atoms with Crippen molar-refractivity contribution in [2.75, 3.05) is 0 Å². The fourth-order valence-corrected chi connectivity index (χ4v) is 2.13. The number of esters is 2. The third-order valence-electron chi connectivity index (χ3n) is 3.27. The number of benzene rings is 2. The Balaban J connectivity index is 2.03. The molecule has 0 aliphatic heterocycles. The van der Waals surface area contributed by atoms with Crippen molar-refractivity contribution in [3.05, 3.63) is 59.7 Å². The summed E-state index contributed by atoms with van der Waals surface area (Å²) < 4.78 is 10.1. The van der Waals surface area contributed by atoms with E-state index in [-0.39, 0.29) is 34.2 Å². The zero-order valence-electron chi connectivity index (χ0n) is 13.8. The van der Waals surface area contributed by atoms with Crippen molar-refractivity contribution in [3.8, 4) is 11.5 Å². The van der Waals surface area contributed by atoms with E-state index < -0.39 is 18.4 Å². The van der Waals surface area contributed by atoms with Crippen LogP contribution in [-0.4, -0.2) is 23.5 Å². The summed E-state index contributed by atoms with van der Waals surface area (Å²) in [5.74, 6) is -2.09. The maximum Gasteiger partial charge on any atom is 0.322 e. The van der Waals surface area contributed by atoms with Crippen LogP contribution in [0.4, 0.5) is 0 Å². The van der Waals surface area contributed by atoms with E-state index >= 15 is 0 Å². The predicted molar refractivity (Wildman–Crippen MR) is 88.8 cm³/mol. The van der Waals surface area contributed by atoms with Gasteiger partial charge in [-0.3, -0.25) is 19.2 Å². The number of ether oxygens (including phenoxy) is 2. The van der Waals surface area contributed by atoms with Gasteiger partial charge in [0.2, 0.25) is 0 Å². The number of Topliss-reactive ketones (excluding diaryl/α,β-unsaturated/α-hetero) is 2. The highest BCUT2D eigenvalue weighted by Crippen LogP contribution is 2.21. The standard InChI is InChI=1S/C19H16O6/c1-12(20)14-7-3-5-9-16(14)24-18(22)11-19(23)25-17-10-6-4-8-15(17)13(2)21/h3-10H,11H2,1-2H3. The summed E-state index contributed by atoms with van der Waals surface area (Å²) in [5.41, 5.74) is 0.484. The molecule has 0 heterocycles. The zero-order chi connectivity index (χ0) is 18.4. The molecule has 0 aliphatic carbocycles. The van der Waals surface area contributed by atoms with Crippen LogP contribution in [0.2, 0.25) is 0 Å². The number of rotatable bonds is 6. The fourth-order valence-electron chi connectivity index (χ4n) is 2.13. The van der Waals surface area contributed by atoms with Crippen LogP contribution in [0.3, 0.4) is 0 Å². The Bertz CT molecular complexity index is 768. The molecule has 0 aliphatic rings. The van der Waals surface area contributed by atoms with Gasteiger partial charge in [0, 0.05) is 0 Å². The quantitative estimate of drug-likeness (QED) is 0.348. The molecule has 2 aromatic rings. The van der Waals surface area contributed by atoms with Gasteiger partial charge >= 0.3 is 11.9 Å². The van der Waals surface area contributed by atoms with Gasteiger partial charge in [-0.15, -0.1) is 0 Å². The van der Waals surface area contributed by atoms with E-state index in [9.17, 15) is 19.2 Å². The average molecular weight is 340 g/mol. The highest BCUT2D eigenvalue weighted by Gasteiger charge is 2.18. The first-order valence-electron chi connectivity index (χ1n) is 7.49. The molecule has 0 saturated carbocycles. The van der Waals surface area contributed by atoms with E-state index in [1.54, 1.807) is 24.3 Å². The van der Waals surface area contributed by atoms with Crippen molar-refractivity contribution < 1.29 is 28.7 Å². The molecule has 0 amide bonds. The summed E-state index contributed by atoms with van der Waals surface area (Å²) >= 11 is 0. The molecular weight excluding hydrogens is 324 g/mol. The lowest BCUT2D eigenvalue weighted by Crippen LogP contribution is -2.19. The number of carbonyl (C=O) groups is 4. The molecule has 128 valence electrons. The molecule has 0 saturated heterocycles. The summed E-state index contributed by atoms with van der Waals surface area (Å²) in [5, 5.41) is 0. The normalized spacial score (nSPS) is 10.0.